The molecule has 2 nitrogen and oxygen atoms in total. The first kappa shape index (κ1) is 13.7. The summed E-state index contributed by atoms with van der Waals surface area (Å²) in [6, 6.07) is 28.0. The largest absolute Gasteiger partial charge is 0.470 e. The van der Waals surface area contributed by atoms with E-state index in [1.54, 1.807) is 0 Å². The Morgan fingerprint density at radius 1 is 0.792 bits per heavy atom. The van der Waals surface area contributed by atoms with Gasteiger partial charge in [-0.3, -0.25) is 0 Å². The van der Waals surface area contributed by atoms with Crippen molar-refractivity contribution in [2.45, 2.75) is 25.1 Å². The summed E-state index contributed by atoms with van der Waals surface area (Å²) in [6.07, 6.45) is 1.08. The van der Waals surface area contributed by atoms with Crippen LogP contribution in [0.5, 0.6) is 5.75 Å². The zero-order chi connectivity index (χ0) is 15.9. The van der Waals surface area contributed by atoms with Crippen LogP contribution >= 0.6 is 0 Å². The molecular formula is C22H19NO. The second-order valence-corrected chi connectivity index (χ2v) is 6.57. The Balaban J connectivity index is 1.61. The van der Waals surface area contributed by atoms with Crippen molar-refractivity contribution in [3.8, 4) is 5.75 Å². The van der Waals surface area contributed by atoms with Crippen LogP contribution in [-0.2, 0) is 6.54 Å². The van der Waals surface area contributed by atoms with E-state index in [0.29, 0.717) is 5.92 Å². The van der Waals surface area contributed by atoms with Gasteiger partial charge in [0.25, 0.3) is 0 Å². The number of ether oxygens (including phenoxy) is 1. The molecule has 24 heavy (non-hydrogen) atoms. The number of rotatable bonds is 1. The molecule has 0 aliphatic carbocycles. The lowest BCUT2D eigenvalue weighted by atomic mass is 9.83. The van der Waals surface area contributed by atoms with Gasteiger partial charge >= 0.3 is 0 Å². The lowest BCUT2D eigenvalue weighted by Crippen LogP contribution is -2.46. The van der Waals surface area contributed by atoms with Crippen LogP contribution in [0.1, 0.15) is 29.0 Å². The van der Waals surface area contributed by atoms with Crippen LogP contribution in [0.3, 0.4) is 0 Å². The molecule has 2 heteroatoms. The third-order valence-corrected chi connectivity index (χ3v) is 5.18. The molecule has 2 heterocycles. The molecular weight excluding hydrogens is 294 g/mol. The van der Waals surface area contributed by atoms with Gasteiger partial charge in [-0.15, -0.1) is 0 Å². The Morgan fingerprint density at radius 2 is 1.54 bits per heavy atom. The maximum absolute atomic E-state index is 6.37. The fourth-order valence-electron chi connectivity index (χ4n) is 4.03. The second-order valence-electron chi connectivity index (χ2n) is 6.57. The minimum Gasteiger partial charge on any atom is -0.470 e. The van der Waals surface area contributed by atoms with Crippen molar-refractivity contribution >= 4 is 5.69 Å². The summed E-state index contributed by atoms with van der Waals surface area (Å²) in [4.78, 5) is 2.41. The predicted octanol–water partition coefficient (Wildman–Crippen LogP) is 4.95. The predicted molar refractivity (Wildman–Crippen MR) is 96.4 cm³/mol. The van der Waals surface area contributed by atoms with E-state index in [2.05, 4.69) is 83.8 Å². The maximum Gasteiger partial charge on any atom is 0.173 e. The molecule has 0 fully saturated rings. The molecule has 2 atom stereocenters. The van der Waals surface area contributed by atoms with Crippen molar-refractivity contribution in [2.75, 3.05) is 4.90 Å². The summed E-state index contributed by atoms with van der Waals surface area (Å²) >= 11 is 0. The van der Waals surface area contributed by atoms with Crippen molar-refractivity contribution in [2.24, 2.45) is 0 Å². The minimum atomic E-state index is 0.0972. The zero-order valence-corrected chi connectivity index (χ0v) is 13.4. The molecule has 3 aromatic carbocycles. The molecule has 0 saturated heterocycles. The van der Waals surface area contributed by atoms with Crippen molar-refractivity contribution in [1.82, 2.24) is 0 Å². The first-order valence-electron chi connectivity index (χ1n) is 8.55. The van der Waals surface area contributed by atoms with E-state index in [1.165, 1.54) is 22.4 Å². The van der Waals surface area contributed by atoms with Gasteiger partial charge in [0.1, 0.15) is 5.75 Å². The highest BCUT2D eigenvalue weighted by molar-refractivity contribution is 5.61. The van der Waals surface area contributed by atoms with Gasteiger partial charge in [-0.25, -0.2) is 0 Å². The highest BCUT2D eigenvalue weighted by Gasteiger charge is 2.37. The Hall–Kier alpha value is -2.74. The van der Waals surface area contributed by atoms with Gasteiger partial charge in [0.15, 0.2) is 6.23 Å². The molecule has 2 aliphatic rings. The number of para-hydroxylation sites is 2. The molecule has 0 spiro atoms. The van der Waals surface area contributed by atoms with E-state index in [4.69, 9.17) is 4.74 Å². The molecule has 0 N–H and O–H groups in total. The van der Waals surface area contributed by atoms with Gasteiger partial charge in [0.2, 0.25) is 0 Å². The Morgan fingerprint density at radius 3 is 2.46 bits per heavy atom. The molecule has 5 rings (SSSR count). The number of anilines is 1. The standard InChI is InChI=1S/C22H19NO/c1-2-8-16(9-3-1)19-14-22-23(20-12-6-5-11-18(19)20)15-17-10-4-7-13-21(17)24-22/h1-13,19,22H,14-15H2/t19-,22+/m1/s1. The van der Waals surface area contributed by atoms with Crippen LogP contribution < -0.4 is 9.64 Å². The van der Waals surface area contributed by atoms with Gasteiger partial charge in [-0.2, -0.15) is 0 Å². The van der Waals surface area contributed by atoms with E-state index < -0.39 is 0 Å². The maximum atomic E-state index is 6.37. The lowest BCUT2D eigenvalue weighted by molar-refractivity contribution is 0.154. The van der Waals surface area contributed by atoms with E-state index in [1.807, 2.05) is 0 Å². The van der Waals surface area contributed by atoms with Crippen molar-refractivity contribution in [3.63, 3.8) is 0 Å². The average Bonchev–Trinajstić information content (AvgIpc) is 2.66. The third-order valence-electron chi connectivity index (χ3n) is 5.18. The Kier molecular flexibility index (Phi) is 3.08. The van der Waals surface area contributed by atoms with Gasteiger partial charge in [-0.05, 0) is 23.3 Å². The highest BCUT2D eigenvalue weighted by atomic mass is 16.5. The summed E-state index contributed by atoms with van der Waals surface area (Å²) in [5, 5.41) is 0. The molecule has 0 bridgehead atoms. The topological polar surface area (TPSA) is 12.5 Å². The molecule has 0 radical (unpaired) electrons. The van der Waals surface area contributed by atoms with Crippen LogP contribution in [0.4, 0.5) is 5.69 Å². The molecule has 0 amide bonds. The van der Waals surface area contributed by atoms with E-state index >= 15 is 0 Å². The van der Waals surface area contributed by atoms with Gasteiger partial charge in [0, 0.05) is 23.6 Å². The smallest absolute Gasteiger partial charge is 0.173 e. The molecule has 118 valence electrons. The first-order valence-corrected chi connectivity index (χ1v) is 8.55. The highest BCUT2D eigenvalue weighted by Crippen LogP contribution is 2.45. The third kappa shape index (κ3) is 2.10. The van der Waals surface area contributed by atoms with Crippen molar-refractivity contribution < 1.29 is 4.74 Å². The fourth-order valence-corrected chi connectivity index (χ4v) is 4.03. The van der Waals surface area contributed by atoms with E-state index in [9.17, 15) is 0 Å². The Labute approximate surface area is 142 Å². The van der Waals surface area contributed by atoms with Crippen LogP contribution in [-0.4, -0.2) is 6.23 Å². The number of hydrogen-bond donors (Lipinski definition) is 0. The SMILES string of the molecule is c1ccc([C@H]2C[C@@H]3Oc4ccccc4CN3c3ccccc32)cc1. The quantitative estimate of drug-likeness (QED) is 0.630. The minimum absolute atomic E-state index is 0.0972. The lowest BCUT2D eigenvalue weighted by Gasteiger charge is -2.45. The Bertz CT molecular complexity index is 874. The van der Waals surface area contributed by atoms with Crippen LogP contribution in [0.25, 0.3) is 0 Å². The van der Waals surface area contributed by atoms with Gasteiger partial charge in [0.05, 0.1) is 6.54 Å². The van der Waals surface area contributed by atoms with Crippen LogP contribution in [0, 0.1) is 0 Å². The van der Waals surface area contributed by atoms with Crippen LogP contribution in [0.15, 0.2) is 78.9 Å². The number of hydrogen-bond acceptors (Lipinski definition) is 2. The summed E-state index contributed by atoms with van der Waals surface area (Å²) in [5.41, 5.74) is 5.34. The summed E-state index contributed by atoms with van der Waals surface area (Å²) < 4.78 is 6.37. The second kappa shape index (κ2) is 5.41. The summed E-state index contributed by atoms with van der Waals surface area (Å²) in [6.45, 7) is 0.916. The zero-order valence-electron chi connectivity index (χ0n) is 13.4. The molecule has 0 aromatic heterocycles. The molecule has 0 unspecified atom stereocenters. The molecule has 0 saturated carbocycles. The van der Waals surface area contributed by atoms with Crippen molar-refractivity contribution in [1.29, 1.82) is 0 Å². The first-order chi connectivity index (χ1) is 11.9. The van der Waals surface area contributed by atoms with Crippen molar-refractivity contribution in [3.05, 3.63) is 95.6 Å². The van der Waals surface area contributed by atoms with E-state index in [-0.39, 0.29) is 6.23 Å². The number of benzene rings is 3. The number of nitrogens with zero attached hydrogens (tertiary/aromatic N) is 1. The molecule has 2 aliphatic heterocycles. The van der Waals surface area contributed by atoms with E-state index in [0.717, 1.165) is 18.7 Å². The molecule has 3 aromatic rings. The van der Waals surface area contributed by atoms with Gasteiger partial charge in [-0.1, -0.05) is 66.7 Å². The fraction of sp³-hybridized carbons (Fsp3) is 0.182. The normalized spacial score (nSPS) is 21.2. The summed E-state index contributed by atoms with van der Waals surface area (Å²) in [7, 11) is 0. The summed E-state index contributed by atoms with van der Waals surface area (Å²) in [5.74, 6) is 1.42. The monoisotopic (exact) mass is 313 g/mol. The van der Waals surface area contributed by atoms with Crippen LogP contribution in [0.2, 0.25) is 0 Å². The average molecular weight is 313 g/mol. The van der Waals surface area contributed by atoms with Gasteiger partial charge < -0.3 is 9.64 Å². The number of fused-ring (bicyclic) bond motifs is 4.